The molecule has 146 valence electrons. The minimum absolute atomic E-state index is 0.0328. The molecule has 0 spiro atoms. The average Bonchev–Trinajstić information content (AvgIpc) is 3.10. The molecular weight excluding hydrogens is 352 g/mol. The number of anilines is 1. The molecule has 0 radical (unpaired) electrons. The lowest BCUT2D eigenvalue weighted by atomic mass is 10.0. The van der Waals surface area contributed by atoms with Crippen molar-refractivity contribution in [3.8, 4) is 0 Å². The Labute approximate surface area is 164 Å². The van der Waals surface area contributed by atoms with Crippen LogP contribution in [0.1, 0.15) is 19.4 Å². The number of carbonyl (C=O) groups is 2. The average molecular weight is 378 g/mol. The van der Waals surface area contributed by atoms with Gasteiger partial charge < -0.3 is 20.9 Å². The van der Waals surface area contributed by atoms with E-state index in [-0.39, 0.29) is 11.8 Å². The van der Waals surface area contributed by atoms with Crippen molar-refractivity contribution < 1.29 is 9.59 Å². The minimum atomic E-state index is -0.605. The van der Waals surface area contributed by atoms with Gasteiger partial charge in [-0.15, -0.1) is 0 Å². The summed E-state index contributed by atoms with van der Waals surface area (Å²) in [4.78, 5) is 28.1. The third-order valence-electron chi connectivity index (χ3n) is 4.64. The lowest BCUT2D eigenvalue weighted by Crippen LogP contribution is -2.51. The largest absolute Gasteiger partial charge is 0.361 e. The molecule has 6 heteroatoms. The van der Waals surface area contributed by atoms with Gasteiger partial charge in [0.25, 0.3) is 0 Å². The Morgan fingerprint density at radius 2 is 1.71 bits per heavy atom. The molecule has 1 aromatic heterocycles. The number of hydrogen-bond donors (Lipinski definition) is 4. The highest BCUT2D eigenvalue weighted by Gasteiger charge is 2.24. The Morgan fingerprint density at radius 3 is 2.46 bits per heavy atom. The van der Waals surface area contributed by atoms with Crippen LogP contribution < -0.4 is 16.0 Å². The Bertz CT molecular complexity index is 934. The first-order valence-electron chi connectivity index (χ1n) is 9.50. The summed E-state index contributed by atoms with van der Waals surface area (Å²) in [5.41, 5.74) is 2.93. The molecule has 0 saturated carbocycles. The van der Waals surface area contributed by atoms with Gasteiger partial charge in [0, 0.05) is 29.3 Å². The van der Waals surface area contributed by atoms with E-state index < -0.39 is 12.1 Å². The molecule has 0 bridgehead atoms. The summed E-state index contributed by atoms with van der Waals surface area (Å²) in [6.45, 7) is 4.32. The maximum atomic E-state index is 12.6. The number of amides is 3. The minimum Gasteiger partial charge on any atom is -0.361 e. The predicted molar refractivity (Wildman–Crippen MR) is 112 cm³/mol. The molecule has 1 unspecified atom stereocenters. The topological polar surface area (TPSA) is 86.0 Å². The molecule has 3 amide bonds. The van der Waals surface area contributed by atoms with Gasteiger partial charge in [-0.05, 0) is 36.1 Å². The number of nitrogens with one attached hydrogen (secondary N) is 4. The van der Waals surface area contributed by atoms with Crippen LogP contribution in [-0.4, -0.2) is 29.5 Å². The fraction of sp³-hybridized carbons (Fsp3) is 0.273. The monoisotopic (exact) mass is 378 g/mol. The van der Waals surface area contributed by atoms with E-state index in [9.17, 15) is 9.59 Å². The van der Waals surface area contributed by atoms with E-state index in [1.807, 2.05) is 56.4 Å². The second-order valence-electron chi connectivity index (χ2n) is 7.09. The van der Waals surface area contributed by atoms with Crippen LogP contribution in [0.25, 0.3) is 10.9 Å². The van der Waals surface area contributed by atoms with E-state index in [0.717, 1.165) is 22.9 Å². The number of aromatic nitrogens is 1. The van der Waals surface area contributed by atoms with Crippen molar-refractivity contribution >= 4 is 28.5 Å². The smallest absolute Gasteiger partial charge is 0.319 e. The quantitative estimate of drug-likeness (QED) is 0.506. The Balaban J connectivity index is 1.53. The maximum Gasteiger partial charge on any atom is 0.319 e. The normalized spacial score (nSPS) is 12.0. The summed E-state index contributed by atoms with van der Waals surface area (Å²) in [6, 6.07) is 16.2. The number of para-hydroxylation sites is 2. The number of carbonyl (C=O) groups excluding carboxylic acids is 2. The first-order valence-corrected chi connectivity index (χ1v) is 9.50. The van der Waals surface area contributed by atoms with Crippen LogP contribution in [0.4, 0.5) is 10.5 Å². The van der Waals surface area contributed by atoms with E-state index in [4.69, 9.17) is 0 Å². The van der Waals surface area contributed by atoms with Crippen LogP contribution in [-0.2, 0) is 11.2 Å². The zero-order valence-corrected chi connectivity index (χ0v) is 16.2. The summed E-state index contributed by atoms with van der Waals surface area (Å²) < 4.78 is 0. The lowest BCUT2D eigenvalue weighted by molar-refractivity contribution is -0.123. The van der Waals surface area contributed by atoms with E-state index in [1.165, 1.54) is 0 Å². The number of rotatable bonds is 7. The highest BCUT2D eigenvalue weighted by Crippen LogP contribution is 2.17. The molecule has 0 aliphatic carbocycles. The van der Waals surface area contributed by atoms with Gasteiger partial charge in [0.15, 0.2) is 0 Å². The van der Waals surface area contributed by atoms with Gasteiger partial charge >= 0.3 is 6.03 Å². The molecule has 4 N–H and O–H groups in total. The van der Waals surface area contributed by atoms with Crippen LogP contribution in [0.3, 0.4) is 0 Å². The van der Waals surface area contributed by atoms with Crippen LogP contribution in [0.5, 0.6) is 0 Å². The SMILES string of the molecule is CC(C)C(NC(=O)Nc1ccccc1)C(=O)NCCc1c[nH]c2ccccc12. The van der Waals surface area contributed by atoms with Crippen molar-refractivity contribution in [2.75, 3.05) is 11.9 Å². The van der Waals surface area contributed by atoms with Crippen molar-refractivity contribution in [3.05, 3.63) is 66.4 Å². The Kier molecular flexibility index (Phi) is 6.32. The highest BCUT2D eigenvalue weighted by atomic mass is 16.2. The molecule has 0 aliphatic rings. The number of H-pyrrole nitrogens is 1. The number of urea groups is 1. The van der Waals surface area contributed by atoms with Crippen molar-refractivity contribution in [1.82, 2.24) is 15.6 Å². The molecule has 0 fully saturated rings. The number of hydrogen-bond acceptors (Lipinski definition) is 2. The van der Waals surface area contributed by atoms with Crippen molar-refractivity contribution in [1.29, 1.82) is 0 Å². The third kappa shape index (κ3) is 4.91. The van der Waals surface area contributed by atoms with Crippen molar-refractivity contribution in [3.63, 3.8) is 0 Å². The van der Waals surface area contributed by atoms with E-state index in [0.29, 0.717) is 12.2 Å². The van der Waals surface area contributed by atoms with Crippen LogP contribution in [0, 0.1) is 5.92 Å². The summed E-state index contributed by atoms with van der Waals surface area (Å²) >= 11 is 0. The van der Waals surface area contributed by atoms with Gasteiger partial charge in [0.1, 0.15) is 6.04 Å². The van der Waals surface area contributed by atoms with Gasteiger partial charge in [-0.2, -0.15) is 0 Å². The van der Waals surface area contributed by atoms with E-state index >= 15 is 0 Å². The van der Waals surface area contributed by atoms with Crippen molar-refractivity contribution in [2.45, 2.75) is 26.3 Å². The molecule has 0 saturated heterocycles. The first kappa shape index (κ1) is 19.5. The number of benzene rings is 2. The molecule has 28 heavy (non-hydrogen) atoms. The van der Waals surface area contributed by atoms with Crippen LogP contribution in [0.2, 0.25) is 0 Å². The maximum absolute atomic E-state index is 12.6. The van der Waals surface area contributed by atoms with Gasteiger partial charge in [-0.3, -0.25) is 4.79 Å². The second-order valence-corrected chi connectivity index (χ2v) is 7.09. The Hall–Kier alpha value is -3.28. The van der Waals surface area contributed by atoms with E-state index in [1.54, 1.807) is 12.1 Å². The Morgan fingerprint density at radius 1 is 1.00 bits per heavy atom. The van der Waals surface area contributed by atoms with Gasteiger partial charge in [0.2, 0.25) is 5.91 Å². The summed E-state index contributed by atoms with van der Waals surface area (Å²) in [7, 11) is 0. The molecule has 1 heterocycles. The highest BCUT2D eigenvalue weighted by molar-refractivity contribution is 5.93. The zero-order valence-electron chi connectivity index (χ0n) is 16.2. The summed E-state index contributed by atoms with van der Waals surface area (Å²) in [6.07, 6.45) is 2.69. The zero-order chi connectivity index (χ0) is 19.9. The van der Waals surface area contributed by atoms with Crippen LogP contribution in [0.15, 0.2) is 60.8 Å². The number of fused-ring (bicyclic) bond motifs is 1. The molecule has 2 aromatic carbocycles. The molecule has 0 aliphatic heterocycles. The molecule has 6 nitrogen and oxygen atoms in total. The molecule has 3 rings (SSSR count). The predicted octanol–water partition coefficient (Wildman–Crippen LogP) is 3.67. The lowest BCUT2D eigenvalue weighted by Gasteiger charge is -2.22. The standard InChI is InChI=1S/C22H26N4O2/c1-15(2)20(26-22(28)25-17-8-4-3-5-9-17)21(27)23-13-12-16-14-24-19-11-7-6-10-18(16)19/h3-11,14-15,20,24H,12-13H2,1-2H3,(H,23,27)(H2,25,26,28). The fourth-order valence-electron chi connectivity index (χ4n) is 3.13. The van der Waals surface area contributed by atoms with Crippen LogP contribution >= 0.6 is 0 Å². The fourth-order valence-corrected chi connectivity index (χ4v) is 3.13. The number of aromatic amines is 1. The summed E-state index contributed by atoms with van der Waals surface area (Å²) in [5.74, 6) is -0.215. The first-order chi connectivity index (χ1) is 13.5. The molecule has 1 atom stereocenters. The van der Waals surface area contributed by atoms with Gasteiger partial charge in [-0.25, -0.2) is 4.79 Å². The van der Waals surface area contributed by atoms with Gasteiger partial charge in [0.05, 0.1) is 0 Å². The summed E-state index contributed by atoms with van der Waals surface area (Å²) in [5, 5.41) is 9.62. The van der Waals surface area contributed by atoms with Crippen molar-refractivity contribution in [2.24, 2.45) is 5.92 Å². The molecule has 3 aromatic rings. The van der Waals surface area contributed by atoms with E-state index in [2.05, 4.69) is 27.0 Å². The molecular formula is C22H26N4O2. The second kappa shape index (κ2) is 9.08. The van der Waals surface area contributed by atoms with Gasteiger partial charge in [-0.1, -0.05) is 50.2 Å². The third-order valence-corrected chi connectivity index (χ3v) is 4.64.